The third-order valence-corrected chi connectivity index (χ3v) is 5.56. The molecule has 1 fully saturated rings. The highest BCUT2D eigenvalue weighted by atomic mass is 16.5. The zero-order chi connectivity index (χ0) is 14.3. The Labute approximate surface area is 120 Å². The van der Waals surface area contributed by atoms with E-state index in [2.05, 4.69) is 37.9 Å². The Morgan fingerprint density at radius 3 is 2.90 bits per heavy atom. The number of aromatic nitrogens is 1. The van der Waals surface area contributed by atoms with Crippen LogP contribution in [0.4, 0.5) is 0 Å². The Hall–Kier alpha value is -1.19. The molecule has 20 heavy (non-hydrogen) atoms. The average Bonchev–Trinajstić information content (AvgIpc) is 2.46. The summed E-state index contributed by atoms with van der Waals surface area (Å²) in [4.78, 5) is 4.22. The minimum absolute atomic E-state index is 0.0575. The summed E-state index contributed by atoms with van der Waals surface area (Å²) in [5, 5.41) is 9.96. The first-order chi connectivity index (χ1) is 9.60. The Bertz CT molecular complexity index is 513. The van der Waals surface area contributed by atoms with Gasteiger partial charge in [0.05, 0.1) is 19.3 Å². The first-order valence-corrected chi connectivity index (χ1v) is 7.41. The largest absolute Gasteiger partial charge is 0.396 e. The molecule has 0 amide bonds. The van der Waals surface area contributed by atoms with Gasteiger partial charge in [-0.1, -0.05) is 31.6 Å². The summed E-state index contributed by atoms with van der Waals surface area (Å²) in [5.41, 5.74) is 2.38. The topological polar surface area (TPSA) is 42.4 Å². The van der Waals surface area contributed by atoms with Gasteiger partial charge in [0.2, 0.25) is 0 Å². The molecule has 108 valence electrons. The van der Waals surface area contributed by atoms with E-state index >= 15 is 0 Å². The van der Waals surface area contributed by atoms with Crippen molar-refractivity contribution in [3.8, 4) is 0 Å². The predicted octanol–water partition coefficient (Wildman–Crippen LogP) is 2.98. The van der Waals surface area contributed by atoms with Gasteiger partial charge < -0.3 is 9.84 Å². The number of allylic oxidation sites excluding steroid dienone is 1. The van der Waals surface area contributed by atoms with Crippen molar-refractivity contribution in [2.75, 3.05) is 13.2 Å². The van der Waals surface area contributed by atoms with Gasteiger partial charge in [-0.15, -0.1) is 0 Å². The van der Waals surface area contributed by atoms with Crippen LogP contribution < -0.4 is 0 Å². The summed E-state index contributed by atoms with van der Waals surface area (Å²) >= 11 is 0. The molecule has 3 heteroatoms. The van der Waals surface area contributed by atoms with Gasteiger partial charge in [-0.2, -0.15) is 0 Å². The Balaban J connectivity index is 2.02. The number of nitrogens with zero attached hydrogens (tertiary/aromatic N) is 1. The number of hydrogen-bond donors (Lipinski definition) is 1. The maximum absolute atomic E-state index is 9.96. The van der Waals surface area contributed by atoms with Gasteiger partial charge >= 0.3 is 0 Å². The summed E-state index contributed by atoms with van der Waals surface area (Å²) in [6, 6.07) is 4.05. The Morgan fingerprint density at radius 2 is 2.25 bits per heavy atom. The second-order valence-corrected chi connectivity index (χ2v) is 6.42. The van der Waals surface area contributed by atoms with Crippen molar-refractivity contribution < 1.29 is 9.84 Å². The molecule has 1 saturated heterocycles. The first-order valence-electron chi connectivity index (χ1n) is 7.41. The third-order valence-electron chi connectivity index (χ3n) is 5.56. The highest BCUT2D eigenvalue weighted by Crippen LogP contribution is 2.55. The van der Waals surface area contributed by atoms with Crippen LogP contribution in [-0.2, 0) is 4.74 Å². The number of pyridine rings is 1. The van der Waals surface area contributed by atoms with E-state index in [1.807, 2.05) is 12.3 Å². The molecule has 1 aliphatic heterocycles. The van der Waals surface area contributed by atoms with E-state index in [1.54, 1.807) is 6.20 Å². The van der Waals surface area contributed by atoms with Gasteiger partial charge in [0, 0.05) is 23.7 Å². The summed E-state index contributed by atoms with van der Waals surface area (Å²) in [5.74, 6) is 1.09. The van der Waals surface area contributed by atoms with Crippen molar-refractivity contribution in [2.45, 2.75) is 26.9 Å². The van der Waals surface area contributed by atoms with E-state index in [0.29, 0.717) is 24.4 Å². The fourth-order valence-electron chi connectivity index (χ4n) is 4.13. The number of fused-ring (bicyclic) bond motifs is 2. The van der Waals surface area contributed by atoms with E-state index in [9.17, 15) is 5.11 Å². The molecule has 2 heterocycles. The molecule has 1 aromatic heterocycles. The number of aliphatic hydroxyl groups excluding tert-OH is 1. The second kappa shape index (κ2) is 4.97. The van der Waals surface area contributed by atoms with Gasteiger partial charge in [0.25, 0.3) is 0 Å². The molecule has 0 spiro atoms. The highest BCUT2D eigenvalue weighted by molar-refractivity contribution is 5.26. The summed E-state index contributed by atoms with van der Waals surface area (Å²) < 4.78 is 6.20. The zero-order valence-corrected chi connectivity index (χ0v) is 12.4. The minimum atomic E-state index is -0.136. The van der Waals surface area contributed by atoms with Crippen molar-refractivity contribution in [1.29, 1.82) is 0 Å². The Morgan fingerprint density at radius 1 is 1.45 bits per heavy atom. The van der Waals surface area contributed by atoms with Crippen molar-refractivity contribution >= 4 is 0 Å². The molecule has 5 atom stereocenters. The number of hydrogen-bond acceptors (Lipinski definition) is 3. The molecule has 1 aliphatic carbocycles. The van der Waals surface area contributed by atoms with Gasteiger partial charge in [-0.3, -0.25) is 4.98 Å². The van der Waals surface area contributed by atoms with Crippen LogP contribution >= 0.6 is 0 Å². The maximum atomic E-state index is 9.96. The number of ether oxygens (including phenoxy) is 1. The highest BCUT2D eigenvalue weighted by Gasteiger charge is 2.53. The van der Waals surface area contributed by atoms with E-state index in [1.165, 1.54) is 5.57 Å². The van der Waals surface area contributed by atoms with Crippen LogP contribution in [0.3, 0.4) is 0 Å². The molecule has 1 aromatic rings. The van der Waals surface area contributed by atoms with E-state index in [4.69, 9.17) is 4.74 Å². The van der Waals surface area contributed by atoms with Crippen molar-refractivity contribution in [2.24, 2.45) is 23.2 Å². The molecule has 0 saturated carbocycles. The second-order valence-electron chi connectivity index (χ2n) is 6.42. The molecule has 2 aliphatic rings. The van der Waals surface area contributed by atoms with E-state index in [0.717, 1.165) is 5.56 Å². The van der Waals surface area contributed by atoms with Crippen molar-refractivity contribution in [3.05, 3.63) is 41.7 Å². The normalized spacial score (nSPS) is 40.3. The van der Waals surface area contributed by atoms with Gasteiger partial charge in [-0.25, -0.2) is 0 Å². The molecular formula is C17H23NO2. The fraction of sp³-hybridized carbons (Fsp3) is 0.588. The van der Waals surface area contributed by atoms with Gasteiger partial charge in [-0.05, 0) is 30.4 Å². The van der Waals surface area contributed by atoms with Gasteiger partial charge in [0.15, 0.2) is 0 Å². The maximum Gasteiger partial charge on any atom is 0.0907 e. The van der Waals surface area contributed by atoms with Crippen LogP contribution in [0.15, 0.2) is 36.2 Å². The van der Waals surface area contributed by atoms with Crippen LogP contribution in [0.25, 0.3) is 0 Å². The van der Waals surface area contributed by atoms with Crippen LogP contribution in [0.5, 0.6) is 0 Å². The number of rotatable bonds is 2. The molecule has 3 nitrogen and oxygen atoms in total. The third kappa shape index (κ3) is 1.84. The predicted molar refractivity (Wildman–Crippen MR) is 78.0 cm³/mol. The van der Waals surface area contributed by atoms with Gasteiger partial charge in [0.1, 0.15) is 0 Å². The SMILES string of the molecule is CC1=C[C@@H](C)[C@@]2(CO)CO[C@H](c3cccnc3)[C@H]1[C@H]2C. The first kappa shape index (κ1) is 13.8. The monoisotopic (exact) mass is 273 g/mol. The average molecular weight is 273 g/mol. The lowest BCUT2D eigenvalue weighted by Crippen LogP contribution is -2.53. The van der Waals surface area contributed by atoms with Crippen LogP contribution in [0, 0.1) is 23.2 Å². The van der Waals surface area contributed by atoms with Crippen molar-refractivity contribution in [3.63, 3.8) is 0 Å². The van der Waals surface area contributed by atoms with Crippen LogP contribution in [0.1, 0.15) is 32.4 Å². The van der Waals surface area contributed by atoms with E-state index in [-0.39, 0.29) is 18.1 Å². The molecule has 0 aromatic carbocycles. The number of aliphatic hydroxyl groups is 1. The van der Waals surface area contributed by atoms with Crippen LogP contribution in [-0.4, -0.2) is 23.3 Å². The van der Waals surface area contributed by atoms with Crippen LogP contribution in [0.2, 0.25) is 0 Å². The standard InChI is InChI=1S/C17H23NO2/c1-11-7-12(2)17(9-19)10-20-16(15(11)13(17)3)14-5-4-6-18-8-14/h4-8,12-13,15-16,19H,9-10H2,1-3H3/t12-,13-,15-,16-,17-/m1/s1. The quantitative estimate of drug-likeness (QED) is 0.842. The molecule has 3 rings (SSSR count). The summed E-state index contributed by atoms with van der Waals surface area (Å²) in [6.07, 6.45) is 6.07. The smallest absolute Gasteiger partial charge is 0.0907 e. The summed E-state index contributed by atoms with van der Waals surface area (Å²) in [7, 11) is 0. The van der Waals surface area contributed by atoms with Crippen molar-refractivity contribution in [1.82, 2.24) is 4.98 Å². The lowest BCUT2D eigenvalue weighted by molar-refractivity contribution is -0.165. The molecule has 2 bridgehead atoms. The minimum Gasteiger partial charge on any atom is -0.396 e. The zero-order valence-electron chi connectivity index (χ0n) is 12.4. The van der Waals surface area contributed by atoms with E-state index < -0.39 is 0 Å². The molecular weight excluding hydrogens is 250 g/mol. The lowest BCUT2D eigenvalue weighted by Gasteiger charge is -2.55. The molecule has 1 N–H and O–H groups in total. The Kier molecular flexibility index (Phi) is 3.43. The lowest BCUT2D eigenvalue weighted by atomic mass is 9.56. The summed E-state index contributed by atoms with van der Waals surface area (Å²) in [6.45, 7) is 7.46. The fourth-order valence-corrected chi connectivity index (χ4v) is 4.13. The molecule has 0 unspecified atom stereocenters. The molecule has 0 radical (unpaired) electrons.